The van der Waals surface area contributed by atoms with Gasteiger partial charge in [-0.3, -0.25) is 9.69 Å². The lowest BCUT2D eigenvalue weighted by molar-refractivity contribution is -0.126. The number of benzene rings is 1. The quantitative estimate of drug-likeness (QED) is 0.846. The topological polar surface area (TPSA) is 44.8 Å². The van der Waals surface area contributed by atoms with Gasteiger partial charge in [0.2, 0.25) is 5.91 Å². The van der Waals surface area contributed by atoms with Crippen molar-refractivity contribution in [3.05, 3.63) is 29.3 Å². The number of anilines is 1. The predicted octanol–water partition coefficient (Wildman–Crippen LogP) is 3.14. The zero-order valence-electron chi connectivity index (χ0n) is 17.3. The number of hydrogen-bond donors (Lipinski definition) is 1. The van der Waals surface area contributed by atoms with Crippen LogP contribution in [0.3, 0.4) is 0 Å². The van der Waals surface area contributed by atoms with E-state index in [9.17, 15) is 4.79 Å². The van der Waals surface area contributed by atoms with Crippen LogP contribution in [0, 0.1) is 5.92 Å². The molecule has 3 aliphatic rings. The molecule has 1 saturated carbocycles. The fourth-order valence-electron chi connectivity index (χ4n) is 5.07. The molecule has 1 saturated heterocycles. The molecule has 2 aliphatic heterocycles. The number of ether oxygens (including phenoxy) is 1. The number of rotatable bonds is 5. The minimum Gasteiger partial charge on any atom is -0.379 e. The van der Waals surface area contributed by atoms with Crippen LogP contribution < -0.4 is 10.2 Å². The molecule has 5 heteroatoms. The van der Waals surface area contributed by atoms with Crippen molar-refractivity contribution in [2.75, 3.05) is 51.3 Å². The number of nitrogens with zero attached hydrogens (tertiary/aromatic N) is 2. The summed E-state index contributed by atoms with van der Waals surface area (Å²) in [5.74, 6) is 0.479. The number of carbonyl (C=O) groups excluding carboxylic acids is 1. The summed E-state index contributed by atoms with van der Waals surface area (Å²) in [7, 11) is 2.18. The summed E-state index contributed by atoms with van der Waals surface area (Å²) in [4.78, 5) is 17.6. The van der Waals surface area contributed by atoms with Crippen LogP contribution in [0.15, 0.2) is 18.2 Å². The lowest BCUT2D eigenvalue weighted by Gasteiger charge is -2.36. The molecule has 1 amide bonds. The minimum atomic E-state index is 0.219. The molecule has 154 valence electrons. The highest BCUT2D eigenvalue weighted by Crippen LogP contribution is 2.31. The SMILES string of the molecule is CN1CCCc2cc(C(CNC(=O)C3CCCCC3)N3CCOCC3)ccc21. The fraction of sp³-hybridized carbons (Fsp3) is 0.696. The van der Waals surface area contributed by atoms with E-state index in [2.05, 4.69) is 40.4 Å². The number of fused-ring (bicyclic) bond motifs is 1. The Morgan fingerprint density at radius 2 is 1.93 bits per heavy atom. The Morgan fingerprint density at radius 3 is 2.71 bits per heavy atom. The van der Waals surface area contributed by atoms with E-state index in [0.29, 0.717) is 6.54 Å². The maximum Gasteiger partial charge on any atom is 0.223 e. The van der Waals surface area contributed by atoms with Crippen molar-refractivity contribution >= 4 is 11.6 Å². The average Bonchev–Trinajstić information content (AvgIpc) is 2.75. The monoisotopic (exact) mass is 385 g/mol. The molecule has 1 aliphatic carbocycles. The highest BCUT2D eigenvalue weighted by atomic mass is 16.5. The maximum atomic E-state index is 12.7. The van der Waals surface area contributed by atoms with Crippen LogP contribution in [0.1, 0.15) is 55.7 Å². The Balaban J connectivity index is 1.49. The number of morpholine rings is 1. The Morgan fingerprint density at radius 1 is 1.14 bits per heavy atom. The number of hydrogen-bond acceptors (Lipinski definition) is 4. The largest absolute Gasteiger partial charge is 0.379 e. The average molecular weight is 386 g/mol. The maximum absolute atomic E-state index is 12.7. The van der Waals surface area contributed by atoms with Crippen LogP contribution in [0.4, 0.5) is 5.69 Å². The molecular weight excluding hydrogens is 350 g/mol. The minimum absolute atomic E-state index is 0.219. The summed E-state index contributed by atoms with van der Waals surface area (Å²) in [5.41, 5.74) is 4.14. The zero-order chi connectivity index (χ0) is 19.3. The van der Waals surface area contributed by atoms with Crippen molar-refractivity contribution in [1.82, 2.24) is 10.2 Å². The molecule has 5 nitrogen and oxygen atoms in total. The molecule has 28 heavy (non-hydrogen) atoms. The molecule has 1 aromatic carbocycles. The Bertz CT molecular complexity index is 666. The first-order valence-corrected chi connectivity index (χ1v) is 11.2. The van der Waals surface area contributed by atoms with Gasteiger partial charge in [-0.1, -0.05) is 31.4 Å². The fourth-order valence-corrected chi connectivity index (χ4v) is 5.07. The van der Waals surface area contributed by atoms with Gasteiger partial charge in [0.05, 0.1) is 19.3 Å². The summed E-state index contributed by atoms with van der Waals surface area (Å²) in [6.45, 7) is 5.25. The number of aryl methyl sites for hydroxylation is 1. The van der Waals surface area contributed by atoms with Crippen LogP contribution >= 0.6 is 0 Å². The van der Waals surface area contributed by atoms with E-state index in [-0.39, 0.29) is 17.9 Å². The number of nitrogens with one attached hydrogen (secondary N) is 1. The molecule has 1 unspecified atom stereocenters. The highest BCUT2D eigenvalue weighted by molar-refractivity contribution is 5.78. The lowest BCUT2D eigenvalue weighted by Crippen LogP contribution is -2.45. The molecule has 4 rings (SSSR count). The molecule has 1 aromatic rings. The molecule has 1 N–H and O–H groups in total. The van der Waals surface area contributed by atoms with Crippen molar-refractivity contribution in [2.24, 2.45) is 5.92 Å². The molecule has 0 bridgehead atoms. The van der Waals surface area contributed by atoms with Crippen molar-refractivity contribution in [2.45, 2.75) is 51.0 Å². The number of amides is 1. The summed E-state index contributed by atoms with van der Waals surface area (Å²) in [6.07, 6.45) is 8.15. The van der Waals surface area contributed by atoms with E-state index < -0.39 is 0 Å². The molecule has 2 fully saturated rings. The van der Waals surface area contributed by atoms with Gasteiger partial charge >= 0.3 is 0 Å². The molecule has 1 atom stereocenters. The van der Waals surface area contributed by atoms with Gasteiger partial charge in [-0.25, -0.2) is 0 Å². The van der Waals surface area contributed by atoms with Crippen molar-refractivity contribution < 1.29 is 9.53 Å². The van der Waals surface area contributed by atoms with Gasteiger partial charge in [-0.15, -0.1) is 0 Å². The molecule has 2 heterocycles. The van der Waals surface area contributed by atoms with Gasteiger partial charge in [-0.2, -0.15) is 0 Å². The van der Waals surface area contributed by atoms with Crippen LogP contribution in [-0.4, -0.2) is 57.2 Å². The first kappa shape index (κ1) is 19.7. The summed E-state index contributed by atoms with van der Waals surface area (Å²) in [6, 6.07) is 7.17. The summed E-state index contributed by atoms with van der Waals surface area (Å²) in [5, 5.41) is 3.31. The second-order valence-corrected chi connectivity index (χ2v) is 8.66. The van der Waals surface area contributed by atoms with Gasteiger partial charge in [0.25, 0.3) is 0 Å². The van der Waals surface area contributed by atoms with Gasteiger partial charge in [-0.05, 0) is 42.9 Å². The van der Waals surface area contributed by atoms with Crippen molar-refractivity contribution in [1.29, 1.82) is 0 Å². The lowest BCUT2D eigenvalue weighted by atomic mass is 9.88. The smallest absolute Gasteiger partial charge is 0.223 e. The molecule has 0 aromatic heterocycles. The Kier molecular flexibility index (Phi) is 6.53. The highest BCUT2D eigenvalue weighted by Gasteiger charge is 2.27. The molecule has 0 radical (unpaired) electrons. The van der Waals surface area contributed by atoms with Gasteiger partial charge < -0.3 is 15.0 Å². The van der Waals surface area contributed by atoms with Gasteiger partial charge in [0.15, 0.2) is 0 Å². The Labute approximate surface area is 169 Å². The first-order valence-electron chi connectivity index (χ1n) is 11.2. The van der Waals surface area contributed by atoms with Crippen LogP contribution in [0.5, 0.6) is 0 Å². The summed E-state index contributed by atoms with van der Waals surface area (Å²) >= 11 is 0. The predicted molar refractivity (Wildman–Crippen MR) is 113 cm³/mol. The van der Waals surface area contributed by atoms with E-state index >= 15 is 0 Å². The van der Waals surface area contributed by atoms with Crippen LogP contribution in [-0.2, 0) is 16.0 Å². The third kappa shape index (κ3) is 4.52. The second-order valence-electron chi connectivity index (χ2n) is 8.66. The van der Waals surface area contributed by atoms with E-state index in [1.54, 1.807) is 0 Å². The van der Waals surface area contributed by atoms with E-state index in [4.69, 9.17) is 4.74 Å². The molecular formula is C23H35N3O2. The standard InChI is InChI=1S/C23H35N3O2/c1-25-11-5-8-19-16-20(9-10-21(19)25)22(26-12-14-28-15-13-26)17-24-23(27)18-6-3-2-4-7-18/h9-10,16,18,22H,2-8,11-15,17H2,1H3,(H,24,27). The third-order valence-electron chi connectivity index (χ3n) is 6.77. The second kappa shape index (κ2) is 9.27. The van der Waals surface area contributed by atoms with Crippen molar-refractivity contribution in [3.8, 4) is 0 Å². The van der Waals surface area contributed by atoms with Gasteiger partial charge in [0, 0.05) is 44.8 Å². The van der Waals surface area contributed by atoms with Gasteiger partial charge in [0.1, 0.15) is 0 Å². The third-order valence-corrected chi connectivity index (χ3v) is 6.77. The van der Waals surface area contributed by atoms with Crippen LogP contribution in [0.2, 0.25) is 0 Å². The first-order chi connectivity index (χ1) is 13.7. The van der Waals surface area contributed by atoms with E-state index in [0.717, 1.165) is 52.1 Å². The van der Waals surface area contributed by atoms with E-state index in [1.807, 2.05) is 0 Å². The van der Waals surface area contributed by atoms with E-state index in [1.165, 1.54) is 42.5 Å². The zero-order valence-corrected chi connectivity index (χ0v) is 17.3. The number of carbonyl (C=O) groups is 1. The molecule has 0 spiro atoms. The van der Waals surface area contributed by atoms with Crippen LogP contribution in [0.25, 0.3) is 0 Å². The van der Waals surface area contributed by atoms with Crippen molar-refractivity contribution in [3.63, 3.8) is 0 Å². The normalized spacial score (nSPS) is 22.5. The summed E-state index contributed by atoms with van der Waals surface area (Å²) < 4.78 is 5.58. The Hall–Kier alpha value is -1.59.